The molecule has 0 aliphatic carbocycles. The molecule has 0 saturated carbocycles. The average Bonchev–Trinajstić information content (AvgIpc) is 2.15. The van der Waals surface area contributed by atoms with Crippen LogP contribution < -0.4 is 5.73 Å². The Morgan fingerprint density at radius 2 is 2.07 bits per heavy atom. The summed E-state index contributed by atoms with van der Waals surface area (Å²) in [6, 6.07) is 1.85. The van der Waals surface area contributed by atoms with Crippen molar-refractivity contribution in [3.63, 3.8) is 0 Å². The van der Waals surface area contributed by atoms with Crippen molar-refractivity contribution in [2.45, 2.75) is 39.7 Å². The van der Waals surface area contributed by atoms with Crippen LogP contribution in [0.2, 0.25) is 0 Å². The number of nitriles is 1. The molecule has 86 valence electrons. The summed E-state index contributed by atoms with van der Waals surface area (Å²) >= 11 is 0. The first-order valence-electron chi connectivity index (χ1n) is 5.28. The molecule has 15 heavy (non-hydrogen) atoms. The first-order chi connectivity index (χ1) is 6.99. The summed E-state index contributed by atoms with van der Waals surface area (Å²) < 4.78 is 4.86. The van der Waals surface area contributed by atoms with Gasteiger partial charge in [0.05, 0.1) is 0 Å². The highest BCUT2D eigenvalue weighted by Crippen LogP contribution is 2.15. The Morgan fingerprint density at radius 3 is 2.47 bits per heavy atom. The van der Waals surface area contributed by atoms with Crippen LogP contribution in [-0.2, 0) is 9.53 Å². The van der Waals surface area contributed by atoms with Gasteiger partial charge in [-0.2, -0.15) is 5.26 Å². The molecule has 0 radical (unpaired) electrons. The maximum Gasteiger partial charge on any atom is 0.307 e. The quantitative estimate of drug-likeness (QED) is 0.676. The molecule has 0 fully saturated rings. The van der Waals surface area contributed by atoms with Crippen molar-refractivity contribution < 1.29 is 9.53 Å². The number of nitrogens with two attached hydrogens (primary N) is 1. The van der Waals surface area contributed by atoms with E-state index in [1.807, 2.05) is 6.07 Å². The van der Waals surface area contributed by atoms with Crippen molar-refractivity contribution in [2.75, 3.05) is 6.54 Å². The predicted octanol–water partition coefficient (Wildman–Crippen LogP) is 1.45. The lowest BCUT2D eigenvalue weighted by molar-refractivity contribution is -0.147. The Morgan fingerprint density at radius 1 is 1.47 bits per heavy atom. The van der Waals surface area contributed by atoms with E-state index in [9.17, 15) is 4.79 Å². The van der Waals surface area contributed by atoms with E-state index in [-0.39, 0.29) is 11.9 Å². The van der Waals surface area contributed by atoms with Crippen LogP contribution in [0.3, 0.4) is 0 Å². The Labute approximate surface area is 91.4 Å². The van der Waals surface area contributed by atoms with Crippen molar-refractivity contribution in [1.29, 1.82) is 5.26 Å². The van der Waals surface area contributed by atoms with E-state index in [4.69, 9.17) is 15.7 Å². The van der Waals surface area contributed by atoms with Crippen LogP contribution >= 0.6 is 0 Å². The normalized spacial score (nSPS) is 14.4. The molecule has 0 rings (SSSR count). The molecular formula is C11H20N2O2. The second-order valence-electron chi connectivity index (χ2n) is 4.20. The molecule has 0 aliphatic rings. The Kier molecular flexibility index (Phi) is 6.72. The van der Waals surface area contributed by atoms with Crippen LogP contribution in [0.1, 0.15) is 33.6 Å². The van der Waals surface area contributed by atoms with Crippen molar-refractivity contribution in [1.82, 2.24) is 0 Å². The molecule has 0 saturated heterocycles. The highest BCUT2D eigenvalue weighted by Gasteiger charge is 2.16. The molecule has 0 amide bonds. The van der Waals surface area contributed by atoms with Crippen molar-refractivity contribution >= 4 is 5.97 Å². The van der Waals surface area contributed by atoms with Gasteiger partial charge in [0.2, 0.25) is 0 Å². The fourth-order valence-corrected chi connectivity index (χ4v) is 1.44. The minimum Gasteiger partial charge on any atom is -0.447 e. The number of rotatable bonds is 6. The molecule has 0 aliphatic heterocycles. The van der Waals surface area contributed by atoms with Gasteiger partial charge in [0.15, 0.2) is 6.10 Å². The van der Waals surface area contributed by atoms with Gasteiger partial charge in [-0.05, 0) is 31.7 Å². The fourth-order valence-electron chi connectivity index (χ4n) is 1.44. The summed E-state index contributed by atoms with van der Waals surface area (Å²) in [5.74, 6) is 0.336. The minimum atomic E-state index is -0.671. The predicted molar refractivity (Wildman–Crippen MR) is 57.8 cm³/mol. The maximum absolute atomic E-state index is 11.3. The molecule has 4 heteroatoms. The monoisotopic (exact) mass is 212 g/mol. The van der Waals surface area contributed by atoms with Gasteiger partial charge in [-0.3, -0.25) is 4.79 Å². The average molecular weight is 212 g/mol. The van der Waals surface area contributed by atoms with Crippen LogP contribution in [0.15, 0.2) is 0 Å². The van der Waals surface area contributed by atoms with Crippen molar-refractivity contribution in [3.05, 3.63) is 0 Å². The van der Waals surface area contributed by atoms with Gasteiger partial charge >= 0.3 is 5.97 Å². The van der Waals surface area contributed by atoms with E-state index in [2.05, 4.69) is 13.8 Å². The topological polar surface area (TPSA) is 76.1 Å². The van der Waals surface area contributed by atoms with Crippen LogP contribution in [0.5, 0.6) is 0 Å². The van der Waals surface area contributed by atoms with E-state index in [1.165, 1.54) is 0 Å². The van der Waals surface area contributed by atoms with Gasteiger partial charge in [0.25, 0.3) is 0 Å². The van der Waals surface area contributed by atoms with Gasteiger partial charge in [-0.25, -0.2) is 0 Å². The Bertz CT molecular complexity index is 233. The zero-order chi connectivity index (χ0) is 11.8. The zero-order valence-corrected chi connectivity index (χ0v) is 9.69. The van der Waals surface area contributed by atoms with E-state index < -0.39 is 6.10 Å². The molecule has 0 spiro atoms. The third-order valence-electron chi connectivity index (χ3n) is 2.08. The summed E-state index contributed by atoms with van der Waals surface area (Å²) in [4.78, 5) is 11.3. The number of hydrogen-bond donors (Lipinski definition) is 1. The fraction of sp³-hybridized carbons (Fsp3) is 0.818. The third-order valence-corrected chi connectivity index (χ3v) is 2.08. The second-order valence-corrected chi connectivity index (χ2v) is 4.20. The Balaban J connectivity index is 3.97. The number of esters is 1. The molecule has 2 atom stereocenters. The maximum atomic E-state index is 11.3. The van der Waals surface area contributed by atoms with Gasteiger partial charge in [0, 0.05) is 6.42 Å². The molecule has 0 heterocycles. The smallest absolute Gasteiger partial charge is 0.307 e. The van der Waals surface area contributed by atoms with E-state index in [1.54, 1.807) is 6.92 Å². The molecule has 4 nitrogen and oxygen atoms in total. The van der Waals surface area contributed by atoms with Crippen LogP contribution in [0.4, 0.5) is 0 Å². The van der Waals surface area contributed by atoms with Crippen molar-refractivity contribution in [2.24, 2.45) is 17.6 Å². The molecule has 2 N–H and O–H groups in total. The summed E-state index contributed by atoms with van der Waals surface area (Å²) in [5.41, 5.74) is 5.56. The van der Waals surface area contributed by atoms with E-state index in [0.29, 0.717) is 18.9 Å². The number of carbonyl (C=O) groups excluding carboxylic acids is 1. The van der Waals surface area contributed by atoms with Gasteiger partial charge in [-0.1, -0.05) is 13.8 Å². The standard InChI is InChI=1S/C11H20N2O2/c1-8(2)4-10(7-13)5-11(14)15-9(3)6-12/h8-10H,4-5,7,13H2,1-3H3/t9-,10-/m0/s1. The zero-order valence-electron chi connectivity index (χ0n) is 9.69. The van der Waals surface area contributed by atoms with Crippen molar-refractivity contribution in [3.8, 4) is 6.07 Å². The lowest BCUT2D eigenvalue weighted by atomic mass is 9.94. The first-order valence-corrected chi connectivity index (χ1v) is 5.28. The number of nitrogens with zero attached hydrogens (tertiary/aromatic N) is 1. The number of carbonyl (C=O) groups is 1. The minimum absolute atomic E-state index is 0.156. The summed E-state index contributed by atoms with van der Waals surface area (Å²) in [6.07, 6.45) is 0.544. The van der Waals surface area contributed by atoms with Gasteiger partial charge in [0.1, 0.15) is 6.07 Å². The molecule has 0 unspecified atom stereocenters. The lowest BCUT2D eigenvalue weighted by Crippen LogP contribution is -2.23. The van der Waals surface area contributed by atoms with Gasteiger partial charge in [-0.15, -0.1) is 0 Å². The molecule has 0 aromatic heterocycles. The van der Waals surface area contributed by atoms with Gasteiger partial charge < -0.3 is 10.5 Å². The van der Waals surface area contributed by atoms with E-state index in [0.717, 1.165) is 6.42 Å². The Hall–Kier alpha value is -1.08. The summed E-state index contributed by atoms with van der Waals surface area (Å²) in [6.45, 7) is 6.21. The third kappa shape index (κ3) is 6.92. The lowest BCUT2D eigenvalue weighted by Gasteiger charge is -2.16. The first kappa shape index (κ1) is 13.9. The SMILES string of the molecule is CC(C)C[C@H](CN)CC(=O)O[C@@H](C)C#N. The summed E-state index contributed by atoms with van der Waals surface area (Å²) in [5, 5.41) is 8.47. The molecular weight excluding hydrogens is 192 g/mol. The van der Waals surface area contributed by atoms with E-state index >= 15 is 0 Å². The summed E-state index contributed by atoms with van der Waals surface area (Å²) in [7, 11) is 0. The second kappa shape index (κ2) is 7.24. The number of ether oxygens (including phenoxy) is 1. The highest BCUT2D eigenvalue weighted by molar-refractivity contribution is 5.70. The molecule has 0 bridgehead atoms. The van der Waals surface area contributed by atoms with Crippen LogP contribution in [-0.4, -0.2) is 18.6 Å². The molecule has 0 aromatic carbocycles. The van der Waals surface area contributed by atoms with Crippen LogP contribution in [0, 0.1) is 23.2 Å². The van der Waals surface area contributed by atoms with Crippen LogP contribution in [0.25, 0.3) is 0 Å². The largest absolute Gasteiger partial charge is 0.447 e. The number of hydrogen-bond acceptors (Lipinski definition) is 4. The molecule has 0 aromatic rings. The highest BCUT2D eigenvalue weighted by atomic mass is 16.5.